The molecule has 2 N–H and O–H groups in total. The molecular weight excluding hydrogens is 535 g/mol. The molecule has 0 atom stereocenters. The van der Waals surface area contributed by atoms with Gasteiger partial charge in [0, 0.05) is 53.2 Å². The van der Waals surface area contributed by atoms with Crippen LogP contribution in [0.3, 0.4) is 0 Å². The lowest BCUT2D eigenvalue weighted by atomic mass is 9.77. The molecular formula is C36H41BN2O4. The molecule has 43 heavy (non-hydrogen) atoms. The Hall–Kier alpha value is -3.94. The van der Waals surface area contributed by atoms with Crippen LogP contribution in [-0.2, 0) is 16.8 Å². The molecule has 3 aromatic rings. The Morgan fingerprint density at radius 1 is 0.907 bits per heavy atom. The molecule has 1 aliphatic carbocycles. The van der Waals surface area contributed by atoms with Gasteiger partial charge in [-0.05, 0) is 49.8 Å². The van der Waals surface area contributed by atoms with Gasteiger partial charge in [0.2, 0.25) is 5.69 Å². The summed E-state index contributed by atoms with van der Waals surface area (Å²) in [5, 5.41) is 32.5. The molecule has 1 aliphatic heterocycles. The monoisotopic (exact) mass is 576 g/mol. The molecule has 5 rings (SSSR count). The van der Waals surface area contributed by atoms with Crippen molar-refractivity contribution in [3.63, 3.8) is 0 Å². The Morgan fingerprint density at radius 2 is 1.53 bits per heavy atom. The van der Waals surface area contributed by atoms with Crippen LogP contribution in [0.4, 0.5) is 11.4 Å². The summed E-state index contributed by atoms with van der Waals surface area (Å²) in [6.07, 6.45) is 6.30. The third-order valence-electron chi connectivity index (χ3n) is 8.73. The maximum Gasteiger partial charge on any atom is 0.488 e. The van der Waals surface area contributed by atoms with Gasteiger partial charge in [-0.2, -0.15) is 4.58 Å². The summed E-state index contributed by atoms with van der Waals surface area (Å²) >= 11 is 0. The Morgan fingerprint density at radius 3 is 2.12 bits per heavy atom. The average Bonchev–Trinajstić information content (AvgIpc) is 3.22. The van der Waals surface area contributed by atoms with E-state index in [2.05, 4.69) is 49.3 Å². The quantitative estimate of drug-likeness (QED) is 0.187. The number of unbranched alkanes of at least 4 members (excludes halogenated alkanes) is 2. The van der Waals surface area contributed by atoms with Gasteiger partial charge >= 0.3 is 7.12 Å². The Bertz CT molecular complexity index is 1580. The number of allylic oxidation sites excluding steroid dienone is 3. The van der Waals surface area contributed by atoms with E-state index in [-0.39, 0.29) is 22.7 Å². The topological polar surface area (TPSA) is 86.8 Å². The summed E-state index contributed by atoms with van der Waals surface area (Å²) < 4.78 is 2.15. The normalized spacial score (nSPS) is 16.5. The van der Waals surface area contributed by atoms with Crippen molar-refractivity contribution < 1.29 is 24.5 Å². The van der Waals surface area contributed by atoms with E-state index < -0.39 is 12.5 Å². The maximum absolute atomic E-state index is 13.5. The van der Waals surface area contributed by atoms with Crippen molar-refractivity contribution in [2.24, 2.45) is 0 Å². The fourth-order valence-corrected chi connectivity index (χ4v) is 6.10. The van der Waals surface area contributed by atoms with Gasteiger partial charge in [-0.15, -0.1) is 0 Å². The van der Waals surface area contributed by atoms with E-state index in [4.69, 9.17) is 0 Å². The highest BCUT2D eigenvalue weighted by molar-refractivity contribution is 6.58. The van der Waals surface area contributed by atoms with Gasteiger partial charge < -0.3 is 20.1 Å². The van der Waals surface area contributed by atoms with Crippen LogP contribution in [0, 0.1) is 0 Å². The SMILES string of the molecule is CCCCN(CCCC)c1ccc(C2=C([O-])/C(=C\C3=[N+](Cc4ccc(B(O)O)cc4)c4ccccc4C3(C)C)C2=O)cc1. The molecule has 0 saturated heterocycles. The lowest BCUT2D eigenvalue weighted by molar-refractivity contribution is -0.455. The molecule has 3 aromatic carbocycles. The van der Waals surface area contributed by atoms with Crippen molar-refractivity contribution in [2.75, 3.05) is 18.0 Å². The summed E-state index contributed by atoms with van der Waals surface area (Å²) in [5.41, 5.74) is 6.27. The van der Waals surface area contributed by atoms with Crippen molar-refractivity contribution >= 4 is 41.0 Å². The lowest BCUT2D eigenvalue weighted by Gasteiger charge is -2.31. The molecule has 7 heteroatoms. The summed E-state index contributed by atoms with van der Waals surface area (Å²) in [7, 11) is -1.52. The largest absolute Gasteiger partial charge is 0.871 e. The Balaban J connectivity index is 1.48. The first-order valence-electron chi connectivity index (χ1n) is 15.4. The molecule has 0 unspecified atom stereocenters. The zero-order valence-corrected chi connectivity index (χ0v) is 25.6. The number of fused-ring (bicyclic) bond motifs is 1. The second-order valence-corrected chi connectivity index (χ2v) is 12.1. The van der Waals surface area contributed by atoms with Crippen LogP contribution in [-0.4, -0.2) is 46.3 Å². The van der Waals surface area contributed by atoms with Gasteiger partial charge in [-0.25, -0.2) is 0 Å². The molecule has 0 aromatic heterocycles. The van der Waals surface area contributed by atoms with Crippen LogP contribution in [0.5, 0.6) is 0 Å². The van der Waals surface area contributed by atoms with E-state index in [9.17, 15) is 19.9 Å². The fourth-order valence-electron chi connectivity index (χ4n) is 6.10. The standard InChI is InChI=1S/C36H41BN2O4/c1-5-7-21-38(22-8-6-2)28-19-15-26(16-20-28)33-34(40)29(35(33)41)23-32-36(3,4)30-11-9-10-12-31(30)39(32)24-25-13-17-27(18-14-25)37(42)43/h9-20,23,42-43H,5-8,21-22,24H2,1-4H3. The smallest absolute Gasteiger partial charge is 0.488 e. The van der Waals surface area contributed by atoms with Crippen LogP contribution in [0.2, 0.25) is 0 Å². The predicted molar refractivity (Wildman–Crippen MR) is 173 cm³/mol. The van der Waals surface area contributed by atoms with Gasteiger partial charge in [0.1, 0.15) is 0 Å². The highest BCUT2D eigenvalue weighted by Crippen LogP contribution is 2.42. The molecule has 0 radical (unpaired) electrons. The van der Waals surface area contributed by atoms with Gasteiger partial charge in [0.15, 0.2) is 18.0 Å². The Kier molecular flexibility index (Phi) is 9.04. The minimum absolute atomic E-state index is 0.214. The van der Waals surface area contributed by atoms with Gasteiger partial charge in [0.05, 0.1) is 5.41 Å². The first-order valence-corrected chi connectivity index (χ1v) is 15.4. The molecule has 6 nitrogen and oxygen atoms in total. The zero-order chi connectivity index (χ0) is 30.7. The predicted octanol–water partition coefficient (Wildman–Crippen LogP) is 4.63. The number of benzene rings is 3. The number of ketones is 1. The minimum atomic E-state index is -1.52. The third-order valence-corrected chi connectivity index (χ3v) is 8.73. The van der Waals surface area contributed by atoms with E-state index in [0.717, 1.165) is 67.0 Å². The molecule has 0 fully saturated rings. The maximum atomic E-state index is 13.5. The number of rotatable bonds is 12. The number of anilines is 1. The van der Waals surface area contributed by atoms with Crippen LogP contribution in [0.25, 0.3) is 5.57 Å². The van der Waals surface area contributed by atoms with Crippen LogP contribution in [0.1, 0.15) is 70.1 Å². The fraction of sp³-hybridized carbons (Fsp3) is 0.333. The van der Waals surface area contributed by atoms with E-state index in [0.29, 0.717) is 17.6 Å². The second kappa shape index (κ2) is 12.7. The summed E-state index contributed by atoms with van der Waals surface area (Å²) in [4.78, 5) is 15.9. The minimum Gasteiger partial charge on any atom is -0.871 e. The average molecular weight is 577 g/mol. The van der Waals surface area contributed by atoms with Gasteiger partial charge in [-0.1, -0.05) is 87.0 Å². The number of hydrogen-bond donors (Lipinski definition) is 2. The first kappa shape index (κ1) is 30.5. The molecule has 0 amide bonds. The Labute approximate surface area is 255 Å². The summed E-state index contributed by atoms with van der Waals surface area (Å²) in [5.74, 6) is -0.431. The highest BCUT2D eigenvalue weighted by atomic mass is 16.4. The lowest BCUT2D eigenvalue weighted by Crippen LogP contribution is -2.33. The number of carbonyl (C=O) groups is 1. The molecule has 222 valence electrons. The second-order valence-electron chi connectivity index (χ2n) is 12.1. The van der Waals surface area contributed by atoms with Crippen molar-refractivity contribution in [3.8, 4) is 0 Å². The molecule has 1 heterocycles. The van der Waals surface area contributed by atoms with Crippen LogP contribution in [0.15, 0.2) is 90.2 Å². The molecule has 0 spiro atoms. The van der Waals surface area contributed by atoms with Crippen molar-refractivity contribution in [1.82, 2.24) is 0 Å². The third kappa shape index (κ3) is 5.97. The van der Waals surface area contributed by atoms with Crippen LogP contribution < -0.4 is 15.5 Å². The van der Waals surface area contributed by atoms with Gasteiger partial charge in [-0.3, -0.25) is 4.79 Å². The van der Waals surface area contributed by atoms with E-state index in [1.54, 1.807) is 18.2 Å². The van der Waals surface area contributed by atoms with E-state index in [1.807, 2.05) is 48.5 Å². The van der Waals surface area contributed by atoms with Gasteiger partial charge in [0.25, 0.3) is 0 Å². The first-order chi connectivity index (χ1) is 20.7. The zero-order valence-electron chi connectivity index (χ0n) is 25.6. The molecule has 2 aliphatic rings. The van der Waals surface area contributed by atoms with Crippen LogP contribution >= 0.6 is 0 Å². The molecule has 0 bridgehead atoms. The van der Waals surface area contributed by atoms with Crippen molar-refractivity contribution in [3.05, 3.63) is 107 Å². The van der Waals surface area contributed by atoms with E-state index in [1.165, 1.54) is 0 Å². The van der Waals surface area contributed by atoms with Crippen molar-refractivity contribution in [2.45, 2.75) is 65.3 Å². The number of hydrogen-bond acceptors (Lipinski definition) is 5. The number of para-hydroxylation sites is 1. The summed E-state index contributed by atoms with van der Waals surface area (Å²) in [6.45, 7) is 11.1. The highest BCUT2D eigenvalue weighted by Gasteiger charge is 2.45. The summed E-state index contributed by atoms with van der Waals surface area (Å²) in [6, 6.07) is 23.2. The number of nitrogens with zero attached hydrogens (tertiary/aromatic N) is 2. The molecule has 0 saturated carbocycles. The number of Topliss-reactive ketones (excluding diaryl/α,β-unsaturated/α-hetero) is 1. The van der Waals surface area contributed by atoms with Crippen molar-refractivity contribution in [1.29, 1.82) is 0 Å². The van der Waals surface area contributed by atoms with E-state index >= 15 is 0 Å². The number of carbonyl (C=O) groups excluding carboxylic acids is 1.